The Kier molecular flexibility index (Phi) is 4.96. The van der Waals surface area contributed by atoms with Crippen molar-refractivity contribution in [2.24, 2.45) is 5.92 Å². The molecule has 0 N–H and O–H groups in total. The Labute approximate surface area is 114 Å². The number of sulfone groups is 1. The third-order valence-corrected chi connectivity index (χ3v) is 5.66. The van der Waals surface area contributed by atoms with Crippen molar-refractivity contribution in [1.29, 1.82) is 5.26 Å². The van der Waals surface area contributed by atoms with Crippen LogP contribution in [-0.2, 0) is 15.6 Å². The highest BCUT2D eigenvalue weighted by Crippen LogP contribution is 2.25. The highest BCUT2D eigenvalue weighted by atomic mass is 32.2. The summed E-state index contributed by atoms with van der Waals surface area (Å²) < 4.78 is 29.7. The molecule has 0 aromatic heterocycles. The molecule has 1 rings (SSSR count). The van der Waals surface area contributed by atoms with Crippen LogP contribution in [0.2, 0.25) is 0 Å². The number of rotatable bonds is 5. The molecule has 1 aromatic carbocycles. The second-order valence-electron chi connectivity index (χ2n) is 4.89. The van der Waals surface area contributed by atoms with E-state index in [4.69, 9.17) is 10.00 Å². The summed E-state index contributed by atoms with van der Waals surface area (Å²) in [6.45, 7) is 5.47. The first-order valence-electron chi connectivity index (χ1n) is 6.10. The van der Waals surface area contributed by atoms with Gasteiger partial charge in [-0.05, 0) is 31.0 Å². The summed E-state index contributed by atoms with van der Waals surface area (Å²) in [5.74, 6) is 0.444. The SMILES string of the molecule is COc1ccc(C#N)cc1CS(=O)(=O)C(C)C(C)C. The molecular weight excluding hydrogens is 262 g/mol. The lowest BCUT2D eigenvalue weighted by atomic mass is 10.1. The Balaban J connectivity index is 3.15. The molecule has 0 aliphatic rings. The molecule has 0 heterocycles. The van der Waals surface area contributed by atoms with Crippen molar-refractivity contribution < 1.29 is 13.2 Å². The van der Waals surface area contributed by atoms with E-state index >= 15 is 0 Å². The van der Waals surface area contributed by atoms with Crippen molar-refractivity contribution in [3.63, 3.8) is 0 Å². The van der Waals surface area contributed by atoms with Crippen LogP contribution in [0.3, 0.4) is 0 Å². The summed E-state index contributed by atoms with van der Waals surface area (Å²) in [7, 11) is -1.77. The molecule has 4 nitrogen and oxygen atoms in total. The second kappa shape index (κ2) is 6.07. The Morgan fingerprint density at radius 2 is 1.95 bits per heavy atom. The van der Waals surface area contributed by atoms with E-state index in [2.05, 4.69) is 0 Å². The second-order valence-corrected chi connectivity index (χ2v) is 7.25. The summed E-state index contributed by atoms with van der Waals surface area (Å²) in [5.41, 5.74) is 0.970. The fraction of sp³-hybridized carbons (Fsp3) is 0.500. The van der Waals surface area contributed by atoms with E-state index in [-0.39, 0.29) is 11.7 Å². The van der Waals surface area contributed by atoms with Crippen molar-refractivity contribution in [2.45, 2.75) is 31.8 Å². The summed E-state index contributed by atoms with van der Waals surface area (Å²) in [5, 5.41) is 8.45. The number of ether oxygens (including phenoxy) is 1. The lowest BCUT2D eigenvalue weighted by molar-refractivity contribution is 0.410. The maximum atomic E-state index is 12.3. The maximum absolute atomic E-state index is 12.3. The largest absolute Gasteiger partial charge is 0.496 e. The van der Waals surface area contributed by atoms with E-state index in [9.17, 15) is 8.42 Å². The van der Waals surface area contributed by atoms with Gasteiger partial charge in [0.05, 0.1) is 29.7 Å². The van der Waals surface area contributed by atoms with Gasteiger partial charge in [0.25, 0.3) is 0 Å². The Morgan fingerprint density at radius 1 is 1.32 bits per heavy atom. The minimum absolute atomic E-state index is 0.0511. The molecule has 0 saturated heterocycles. The molecule has 104 valence electrons. The number of hydrogen-bond donors (Lipinski definition) is 0. The monoisotopic (exact) mass is 281 g/mol. The summed E-state index contributed by atoms with van der Waals surface area (Å²) >= 11 is 0. The van der Waals surface area contributed by atoms with Crippen LogP contribution in [-0.4, -0.2) is 20.8 Å². The van der Waals surface area contributed by atoms with Crippen molar-refractivity contribution in [3.05, 3.63) is 29.3 Å². The van der Waals surface area contributed by atoms with Gasteiger partial charge >= 0.3 is 0 Å². The first kappa shape index (κ1) is 15.5. The normalized spacial score (nSPS) is 13.1. The first-order valence-corrected chi connectivity index (χ1v) is 7.82. The van der Waals surface area contributed by atoms with Gasteiger partial charge in [-0.3, -0.25) is 0 Å². The van der Waals surface area contributed by atoms with Gasteiger partial charge in [0.2, 0.25) is 0 Å². The molecule has 19 heavy (non-hydrogen) atoms. The highest BCUT2D eigenvalue weighted by molar-refractivity contribution is 7.91. The molecule has 0 aliphatic heterocycles. The van der Waals surface area contributed by atoms with Crippen LogP contribution < -0.4 is 4.74 Å². The summed E-state index contributed by atoms with van der Waals surface area (Å²) in [6, 6.07) is 6.82. The number of nitriles is 1. The molecule has 5 heteroatoms. The van der Waals surface area contributed by atoms with Crippen LogP contribution >= 0.6 is 0 Å². The third kappa shape index (κ3) is 3.71. The first-order chi connectivity index (χ1) is 8.81. The van der Waals surface area contributed by atoms with Crippen LogP contribution in [0.1, 0.15) is 31.9 Å². The number of hydrogen-bond acceptors (Lipinski definition) is 4. The van der Waals surface area contributed by atoms with Crippen LogP contribution in [0.5, 0.6) is 5.75 Å². The molecule has 1 atom stereocenters. The molecule has 0 radical (unpaired) electrons. The molecule has 0 fully saturated rings. The molecule has 0 amide bonds. The van der Waals surface area contributed by atoms with E-state index in [1.165, 1.54) is 7.11 Å². The van der Waals surface area contributed by atoms with Gasteiger partial charge in [-0.25, -0.2) is 8.42 Å². The summed E-state index contributed by atoms with van der Waals surface area (Å²) in [6.07, 6.45) is 0. The minimum Gasteiger partial charge on any atom is -0.496 e. The minimum atomic E-state index is -3.26. The van der Waals surface area contributed by atoms with E-state index < -0.39 is 15.1 Å². The number of benzene rings is 1. The quantitative estimate of drug-likeness (QED) is 0.831. The van der Waals surface area contributed by atoms with Crippen molar-refractivity contribution >= 4 is 9.84 Å². The zero-order chi connectivity index (χ0) is 14.6. The zero-order valence-corrected chi connectivity index (χ0v) is 12.5. The van der Waals surface area contributed by atoms with Gasteiger partial charge in [0.15, 0.2) is 9.84 Å². The number of methoxy groups -OCH3 is 1. The van der Waals surface area contributed by atoms with Crippen LogP contribution in [0, 0.1) is 17.2 Å². The average Bonchev–Trinajstić information content (AvgIpc) is 2.37. The Bertz CT molecular complexity index is 585. The molecule has 0 bridgehead atoms. The fourth-order valence-electron chi connectivity index (χ4n) is 1.72. The lowest BCUT2D eigenvalue weighted by Crippen LogP contribution is -2.25. The van der Waals surface area contributed by atoms with Crippen LogP contribution in [0.15, 0.2) is 18.2 Å². The topological polar surface area (TPSA) is 67.2 Å². The average molecular weight is 281 g/mol. The fourth-order valence-corrected chi connectivity index (χ4v) is 3.48. The highest BCUT2D eigenvalue weighted by Gasteiger charge is 2.25. The maximum Gasteiger partial charge on any atom is 0.157 e. The van der Waals surface area contributed by atoms with E-state index in [1.807, 2.05) is 19.9 Å². The van der Waals surface area contributed by atoms with Gasteiger partial charge in [0.1, 0.15) is 5.75 Å². The zero-order valence-electron chi connectivity index (χ0n) is 11.7. The third-order valence-electron chi connectivity index (χ3n) is 3.27. The predicted octanol–water partition coefficient (Wildman–Crippen LogP) is 2.53. The van der Waals surface area contributed by atoms with Gasteiger partial charge in [-0.1, -0.05) is 13.8 Å². The standard InChI is InChI=1S/C14H19NO3S/c1-10(2)11(3)19(16,17)9-13-7-12(8-15)5-6-14(13)18-4/h5-7,10-11H,9H2,1-4H3. The van der Waals surface area contributed by atoms with Crippen LogP contribution in [0.4, 0.5) is 0 Å². The van der Waals surface area contributed by atoms with Gasteiger partial charge < -0.3 is 4.74 Å². The van der Waals surface area contributed by atoms with Gasteiger partial charge in [0, 0.05) is 5.56 Å². The van der Waals surface area contributed by atoms with Gasteiger partial charge in [-0.15, -0.1) is 0 Å². The van der Waals surface area contributed by atoms with Crippen molar-refractivity contribution in [3.8, 4) is 11.8 Å². The molecule has 1 aromatic rings. The molecular formula is C14H19NO3S. The lowest BCUT2D eigenvalue weighted by Gasteiger charge is -2.17. The van der Waals surface area contributed by atoms with E-state index in [1.54, 1.807) is 25.1 Å². The molecule has 1 unspecified atom stereocenters. The smallest absolute Gasteiger partial charge is 0.157 e. The number of nitrogens with zero attached hydrogens (tertiary/aromatic N) is 1. The van der Waals surface area contributed by atoms with Crippen molar-refractivity contribution in [1.82, 2.24) is 0 Å². The molecule has 0 saturated carbocycles. The Morgan fingerprint density at radius 3 is 2.42 bits per heavy atom. The molecule has 0 spiro atoms. The predicted molar refractivity (Wildman–Crippen MR) is 74.6 cm³/mol. The van der Waals surface area contributed by atoms with Crippen LogP contribution in [0.25, 0.3) is 0 Å². The summed E-state index contributed by atoms with van der Waals surface area (Å²) in [4.78, 5) is 0. The van der Waals surface area contributed by atoms with Crippen molar-refractivity contribution in [2.75, 3.05) is 7.11 Å². The van der Waals surface area contributed by atoms with Gasteiger partial charge in [-0.2, -0.15) is 5.26 Å². The Hall–Kier alpha value is -1.54. The van der Waals surface area contributed by atoms with E-state index in [0.29, 0.717) is 16.9 Å². The molecule has 0 aliphatic carbocycles. The van der Waals surface area contributed by atoms with E-state index in [0.717, 1.165) is 0 Å².